The molecule has 1 N–H and O–H groups in total. The monoisotopic (exact) mass is 371 g/mol. The average molecular weight is 371 g/mol. The molecule has 2 aromatic heterocycles. The van der Waals surface area contributed by atoms with E-state index in [1.54, 1.807) is 31.5 Å². The van der Waals surface area contributed by atoms with Gasteiger partial charge < -0.3 is 19.3 Å². The summed E-state index contributed by atoms with van der Waals surface area (Å²) >= 11 is 0. The van der Waals surface area contributed by atoms with Crippen LogP contribution in [0.4, 0.5) is 0 Å². The molecule has 144 valence electrons. The minimum absolute atomic E-state index is 0.0429. The fourth-order valence-corrected chi connectivity index (χ4v) is 4.35. The number of aliphatic hydroxyl groups is 1. The molecule has 0 aliphatic carbocycles. The summed E-state index contributed by atoms with van der Waals surface area (Å²) in [5.74, 6) is 0.982. The van der Waals surface area contributed by atoms with E-state index in [2.05, 4.69) is 20.1 Å². The molecule has 0 radical (unpaired) electrons. The van der Waals surface area contributed by atoms with E-state index in [4.69, 9.17) is 4.42 Å². The first kappa shape index (κ1) is 18.1. The topological polar surface area (TPSA) is 95.6 Å². The quantitative estimate of drug-likeness (QED) is 0.869. The molecule has 2 aromatic rings. The van der Waals surface area contributed by atoms with E-state index < -0.39 is 0 Å². The van der Waals surface area contributed by atoms with Gasteiger partial charge in [-0.2, -0.15) is 0 Å². The first-order valence-corrected chi connectivity index (χ1v) is 9.44. The first-order valence-electron chi connectivity index (χ1n) is 9.44. The van der Waals surface area contributed by atoms with Gasteiger partial charge in [0.25, 0.3) is 5.91 Å². The fraction of sp³-hybridized carbons (Fsp3) is 0.579. The van der Waals surface area contributed by atoms with Gasteiger partial charge in [0.2, 0.25) is 11.8 Å². The number of aromatic nitrogens is 3. The summed E-state index contributed by atoms with van der Waals surface area (Å²) in [6, 6.07) is 3.36. The molecule has 0 bridgehead atoms. The van der Waals surface area contributed by atoms with Crippen LogP contribution in [0.25, 0.3) is 0 Å². The molecule has 2 saturated heterocycles. The van der Waals surface area contributed by atoms with Gasteiger partial charge in [-0.1, -0.05) is 0 Å². The zero-order valence-corrected chi connectivity index (χ0v) is 15.5. The van der Waals surface area contributed by atoms with E-state index in [1.807, 2.05) is 4.90 Å². The molecule has 4 rings (SSSR count). The van der Waals surface area contributed by atoms with Crippen molar-refractivity contribution in [3.05, 3.63) is 41.9 Å². The zero-order chi connectivity index (χ0) is 18.9. The molecular weight excluding hydrogens is 346 g/mol. The third-order valence-corrected chi connectivity index (χ3v) is 5.84. The maximum atomic E-state index is 13.2. The molecule has 1 spiro atoms. The number of likely N-dealkylation sites (tertiary alicyclic amines) is 2. The highest BCUT2D eigenvalue weighted by molar-refractivity contribution is 5.94. The third kappa shape index (κ3) is 3.59. The Bertz CT molecular complexity index is 786. The van der Waals surface area contributed by atoms with Gasteiger partial charge in [-0.25, -0.2) is 0 Å². The van der Waals surface area contributed by atoms with Crippen LogP contribution in [0.1, 0.15) is 47.4 Å². The van der Waals surface area contributed by atoms with Crippen molar-refractivity contribution in [2.24, 2.45) is 5.41 Å². The van der Waals surface area contributed by atoms with Crippen LogP contribution in [-0.2, 0) is 0 Å². The summed E-state index contributed by atoms with van der Waals surface area (Å²) in [7, 11) is 0. The van der Waals surface area contributed by atoms with E-state index in [0.29, 0.717) is 30.4 Å². The Labute approximate surface area is 158 Å². The van der Waals surface area contributed by atoms with Gasteiger partial charge in [-0.05, 0) is 49.9 Å². The van der Waals surface area contributed by atoms with Crippen LogP contribution in [0.15, 0.2) is 28.9 Å². The van der Waals surface area contributed by atoms with Crippen molar-refractivity contribution in [3.63, 3.8) is 0 Å². The van der Waals surface area contributed by atoms with Gasteiger partial charge in [-0.3, -0.25) is 9.78 Å². The van der Waals surface area contributed by atoms with E-state index in [1.165, 1.54) is 0 Å². The molecule has 2 aliphatic heterocycles. The molecule has 2 fully saturated rings. The van der Waals surface area contributed by atoms with Gasteiger partial charge in [0.1, 0.15) is 6.04 Å². The second-order valence-corrected chi connectivity index (χ2v) is 7.62. The number of carbonyl (C=O) groups is 1. The predicted molar refractivity (Wildman–Crippen MR) is 96.9 cm³/mol. The van der Waals surface area contributed by atoms with Crippen molar-refractivity contribution in [1.82, 2.24) is 25.0 Å². The number of β-amino-alcohol motifs (C(OH)–C–C–N with tert-alkyl or cyclic N) is 1. The summed E-state index contributed by atoms with van der Waals surface area (Å²) in [6.07, 6.45) is 6.08. The number of aliphatic hydroxyl groups excluding tert-OH is 1. The average Bonchev–Trinajstić information content (AvgIpc) is 3.28. The largest absolute Gasteiger partial charge is 0.423 e. The van der Waals surface area contributed by atoms with Crippen LogP contribution in [0.3, 0.4) is 0 Å². The number of pyridine rings is 1. The fourth-order valence-electron chi connectivity index (χ4n) is 4.35. The van der Waals surface area contributed by atoms with Crippen molar-refractivity contribution in [2.45, 2.75) is 32.2 Å². The lowest BCUT2D eigenvalue weighted by Gasteiger charge is -2.39. The van der Waals surface area contributed by atoms with E-state index in [9.17, 15) is 9.90 Å². The van der Waals surface area contributed by atoms with Gasteiger partial charge in [0.05, 0.1) is 12.2 Å². The number of nitrogens with zero attached hydrogens (tertiary/aromatic N) is 5. The Morgan fingerprint density at radius 3 is 2.81 bits per heavy atom. The number of hydrogen-bond acceptors (Lipinski definition) is 7. The third-order valence-electron chi connectivity index (χ3n) is 5.84. The normalized spacial score (nSPS) is 22.4. The highest BCUT2D eigenvalue weighted by atomic mass is 16.4. The number of amides is 1. The predicted octanol–water partition coefficient (Wildman–Crippen LogP) is 1.43. The van der Waals surface area contributed by atoms with Crippen molar-refractivity contribution in [1.29, 1.82) is 0 Å². The van der Waals surface area contributed by atoms with Crippen LogP contribution >= 0.6 is 0 Å². The molecule has 4 heterocycles. The van der Waals surface area contributed by atoms with Gasteiger partial charge in [-0.15, -0.1) is 10.2 Å². The summed E-state index contributed by atoms with van der Waals surface area (Å²) in [5.41, 5.74) is 0.630. The molecule has 1 amide bonds. The van der Waals surface area contributed by atoms with E-state index in [-0.39, 0.29) is 24.0 Å². The van der Waals surface area contributed by atoms with Crippen LogP contribution in [0.5, 0.6) is 0 Å². The van der Waals surface area contributed by atoms with Crippen molar-refractivity contribution in [2.75, 3.05) is 32.8 Å². The molecule has 0 saturated carbocycles. The number of carbonyl (C=O) groups excluding carboxylic acids is 1. The van der Waals surface area contributed by atoms with E-state index >= 15 is 0 Å². The molecular formula is C19H25N5O3. The van der Waals surface area contributed by atoms with Crippen LogP contribution in [0.2, 0.25) is 0 Å². The van der Waals surface area contributed by atoms with Crippen molar-refractivity contribution < 1.29 is 14.3 Å². The number of piperidine rings is 1. The molecule has 8 heteroatoms. The lowest BCUT2D eigenvalue weighted by Crippen LogP contribution is -2.43. The number of rotatable bonds is 4. The maximum Gasteiger partial charge on any atom is 0.256 e. The highest BCUT2D eigenvalue weighted by Crippen LogP contribution is 2.49. The van der Waals surface area contributed by atoms with Crippen LogP contribution < -0.4 is 0 Å². The lowest BCUT2D eigenvalue weighted by molar-refractivity contribution is 0.0660. The molecule has 0 aromatic carbocycles. The van der Waals surface area contributed by atoms with Gasteiger partial charge >= 0.3 is 0 Å². The van der Waals surface area contributed by atoms with Crippen LogP contribution in [0, 0.1) is 12.3 Å². The zero-order valence-electron chi connectivity index (χ0n) is 15.5. The smallest absolute Gasteiger partial charge is 0.256 e. The minimum atomic E-state index is -0.205. The summed E-state index contributed by atoms with van der Waals surface area (Å²) in [4.78, 5) is 21.4. The Balaban J connectivity index is 1.59. The standard InChI is InChI=1S/C19H25N5O3/c1-14-21-22-17(27-14)16-11-19(4-7-23(8-5-19)9-10-25)13-24(16)18(26)15-3-2-6-20-12-15/h2-3,6,12,16,25H,4-5,7-11,13H2,1H3. The summed E-state index contributed by atoms with van der Waals surface area (Å²) < 4.78 is 5.70. The van der Waals surface area contributed by atoms with Crippen molar-refractivity contribution >= 4 is 5.91 Å². The Kier molecular flexibility index (Phi) is 4.92. The Morgan fingerprint density at radius 1 is 1.37 bits per heavy atom. The molecule has 2 aliphatic rings. The summed E-state index contributed by atoms with van der Waals surface area (Å²) in [5, 5.41) is 17.4. The Hall–Kier alpha value is -2.32. The maximum absolute atomic E-state index is 13.2. The first-order chi connectivity index (χ1) is 13.1. The minimum Gasteiger partial charge on any atom is -0.423 e. The summed E-state index contributed by atoms with van der Waals surface area (Å²) in [6.45, 7) is 5.21. The Morgan fingerprint density at radius 2 is 2.19 bits per heavy atom. The SMILES string of the molecule is Cc1nnc(C2CC3(CCN(CCO)CC3)CN2C(=O)c2cccnc2)o1. The molecule has 27 heavy (non-hydrogen) atoms. The number of aryl methyl sites for hydroxylation is 1. The van der Waals surface area contributed by atoms with Gasteiger partial charge in [0.15, 0.2) is 0 Å². The van der Waals surface area contributed by atoms with Gasteiger partial charge in [0, 0.05) is 32.4 Å². The molecule has 8 nitrogen and oxygen atoms in total. The second kappa shape index (κ2) is 7.36. The molecule has 1 unspecified atom stereocenters. The second-order valence-electron chi connectivity index (χ2n) is 7.62. The number of hydrogen-bond donors (Lipinski definition) is 1. The lowest BCUT2D eigenvalue weighted by atomic mass is 9.76. The molecule has 1 atom stereocenters. The van der Waals surface area contributed by atoms with Crippen molar-refractivity contribution in [3.8, 4) is 0 Å². The van der Waals surface area contributed by atoms with Crippen LogP contribution in [-0.4, -0.2) is 68.8 Å². The highest BCUT2D eigenvalue weighted by Gasteiger charge is 2.49. The van der Waals surface area contributed by atoms with E-state index in [0.717, 1.165) is 32.4 Å².